The molecular weight excluding hydrogens is 914 g/mol. The molecule has 5 atom stereocenters. The summed E-state index contributed by atoms with van der Waals surface area (Å²) in [4.78, 5) is 43.8. The zero-order valence-electron chi connectivity index (χ0n) is 41.0. The molecule has 0 rings (SSSR count). The van der Waals surface area contributed by atoms with E-state index in [1.54, 1.807) is 0 Å². The summed E-state index contributed by atoms with van der Waals surface area (Å²) >= 11 is 0. The van der Waals surface area contributed by atoms with Crippen molar-refractivity contribution in [3.63, 3.8) is 0 Å². The quantitative estimate of drug-likeness (QED) is 0.0126. The topological polar surface area (TPSA) is 225 Å². The van der Waals surface area contributed by atoms with Gasteiger partial charge in [-0.15, -0.1) is 0 Å². The highest BCUT2D eigenvalue weighted by Crippen LogP contribution is 2.45. The Bertz CT molecular complexity index is 1590. The Kier molecular flexibility index (Phi) is 44.3. The summed E-state index contributed by atoms with van der Waals surface area (Å²) in [5.74, 6) is -1.03. The van der Waals surface area contributed by atoms with Crippen LogP contribution in [0.25, 0.3) is 0 Å². The molecule has 0 saturated carbocycles. The summed E-state index contributed by atoms with van der Waals surface area (Å²) in [6, 6.07) is 0. The first-order valence-corrected chi connectivity index (χ1v) is 27.6. The fourth-order valence-electron chi connectivity index (χ4n) is 5.83. The van der Waals surface area contributed by atoms with E-state index in [1.165, 1.54) is 0 Å². The second-order valence-corrected chi connectivity index (χ2v) is 19.0. The molecule has 17 heteroatoms. The van der Waals surface area contributed by atoms with Crippen molar-refractivity contribution < 1.29 is 71.4 Å². The average Bonchev–Trinajstić information content (AvgIpc) is 3.31. The average molecular weight is 1000 g/mol. The third-order valence-corrected chi connectivity index (χ3v) is 11.5. The van der Waals surface area contributed by atoms with E-state index in [1.807, 2.05) is 18.2 Å². The lowest BCUT2D eigenvalue weighted by atomic mass is 10.1. The van der Waals surface area contributed by atoms with Crippen molar-refractivity contribution in [2.24, 2.45) is 0 Å². The van der Waals surface area contributed by atoms with Crippen LogP contribution in [0.5, 0.6) is 0 Å². The van der Waals surface area contributed by atoms with Gasteiger partial charge >= 0.3 is 27.6 Å². The number of aliphatic hydroxyl groups is 3. The molecule has 0 saturated heterocycles. The first-order chi connectivity index (χ1) is 32.8. The van der Waals surface area contributed by atoms with E-state index in [0.717, 1.165) is 116 Å². The Morgan fingerprint density at radius 1 is 0.397 bits per heavy atom. The molecule has 0 aliphatic rings. The molecule has 0 aliphatic carbocycles. The Labute approximate surface area is 408 Å². The number of esters is 2. The maximum atomic E-state index is 12.2. The van der Waals surface area contributed by atoms with Gasteiger partial charge in [-0.2, -0.15) is 0 Å². The van der Waals surface area contributed by atoms with Gasteiger partial charge in [0.2, 0.25) is 0 Å². The zero-order chi connectivity index (χ0) is 50.2. The van der Waals surface area contributed by atoms with Gasteiger partial charge in [-0.25, -0.2) is 9.13 Å². The number of unbranched alkanes of at least 4 members (excludes halogenated alkanes) is 12. The van der Waals surface area contributed by atoms with Crippen molar-refractivity contribution >= 4 is 27.6 Å². The first kappa shape index (κ1) is 65.0. The molecule has 0 fully saturated rings. The van der Waals surface area contributed by atoms with E-state index in [2.05, 4.69) is 111 Å². The van der Waals surface area contributed by atoms with Crippen LogP contribution in [0.2, 0.25) is 0 Å². The number of rotatable bonds is 46. The summed E-state index contributed by atoms with van der Waals surface area (Å²) in [5.41, 5.74) is 0. The van der Waals surface area contributed by atoms with Gasteiger partial charge in [0, 0.05) is 12.8 Å². The minimum Gasteiger partial charge on any atom is -0.463 e. The smallest absolute Gasteiger partial charge is 0.463 e. The number of phosphoric acid groups is 2. The van der Waals surface area contributed by atoms with Gasteiger partial charge in [0.25, 0.3) is 0 Å². The van der Waals surface area contributed by atoms with E-state index >= 15 is 0 Å². The number of aliphatic hydroxyl groups excluding tert-OH is 3. The minimum atomic E-state index is -4.80. The second kappa shape index (κ2) is 46.3. The highest BCUT2D eigenvalue weighted by atomic mass is 31.2. The second-order valence-electron chi connectivity index (χ2n) is 16.1. The molecule has 0 bridgehead atoms. The lowest BCUT2D eigenvalue weighted by Gasteiger charge is -2.19. The Morgan fingerprint density at radius 2 is 0.706 bits per heavy atom. The van der Waals surface area contributed by atoms with Crippen LogP contribution >= 0.6 is 15.6 Å². The molecule has 390 valence electrons. The summed E-state index contributed by atoms with van der Waals surface area (Å²) in [7, 11) is -9.59. The first-order valence-electron chi connectivity index (χ1n) is 24.6. The SMILES string of the molecule is CC/C=C\C/C=C\C/C=C\C/C=C\C/C=C\CCCCCCCC(=O)OCC(O)COP(=O)(O)OCC(O)COP(=O)(O)OCC(O)COC(=O)CCCCCCCCC/C=C/C=C/C=C/CC. The van der Waals surface area contributed by atoms with Crippen molar-refractivity contribution in [2.75, 3.05) is 39.6 Å². The molecule has 0 aromatic carbocycles. The Morgan fingerprint density at radius 3 is 1.10 bits per heavy atom. The van der Waals surface area contributed by atoms with Crippen molar-refractivity contribution in [3.05, 3.63) is 97.2 Å². The molecule has 5 N–H and O–H groups in total. The van der Waals surface area contributed by atoms with Crippen LogP contribution in [0.1, 0.15) is 155 Å². The van der Waals surface area contributed by atoms with E-state index in [-0.39, 0.29) is 12.8 Å². The van der Waals surface area contributed by atoms with Crippen molar-refractivity contribution in [2.45, 2.75) is 173 Å². The zero-order valence-corrected chi connectivity index (χ0v) is 42.8. The molecule has 5 unspecified atom stereocenters. The molecule has 0 spiro atoms. The largest absolute Gasteiger partial charge is 0.472 e. The molecule has 0 aromatic heterocycles. The van der Waals surface area contributed by atoms with Gasteiger partial charge in [-0.05, 0) is 77.0 Å². The molecule has 0 aliphatic heterocycles. The summed E-state index contributed by atoms with van der Waals surface area (Å²) in [5, 5.41) is 30.0. The number of carbonyl (C=O) groups is 2. The fourth-order valence-corrected chi connectivity index (χ4v) is 7.42. The molecule has 68 heavy (non-hydrogen) atoms. The lowest BCUT2D eigenvalue weighted by molar-refractivity contribution is -0.148. The van der Waals surface area contributed by atoms with E-state index in [4.69, 9.17) is 9.47 Å². The third kappa shape index (κ3) is 48.0. The Balaban J connectivity index is 3.92. The van der Waals surface area contributed by atoms with Gasteiger partial charge in [-0.3, -0.25) is 27.7 Å². The van der Waals surface area contributed by atoms with Crippen molar-refractivity contribution in [1.29, 1.82) is 0 Å². The number of hydrogen-bond acceptors (Lipinski definition) is 13. The van der Waals surface area contributed by atoms with Crippen molar-refractivity contribution in [1.82, 2.24) is 0 Å². The Hall–Kier alpha value is -3.04. The fraction of sp³-hybridized carbons (Fsp3) is 0.647. The molecule has 0 aromatic rings. The lowest BCUT2D eigenvalue weighted by Crippen LogP contribution is -2.25. The maximum absolute atomic E-state index is 12.2. The van der Waals surface area contributed by atoms with Gasteiger partial charge in [-0.1, -0.05) is 162 Å². The standard InChI is InChI=1S/C51H86O15P2/c1-3-5-7-9-11-13-15-17-19-20-21-22-23-24-26-28-30-32-34-36-38-40-51(56)62-42-48(53)44-64-68(59,60)66-46-49(54)45-65-67(57,58)63-43-47(52)41-61-50(55)39-37-35-33-31-29-27-25-18-16-14-12-10-8-6-4-2/h5-8,10-14,16-17,19,21-22,24,26,47-49,52-54H,3-4,9,15,18,20,23,25,27-46H2,1-2H3,(H,57,58)(H,59,60)/b7-5-,8-6+,12-10+,13-11-,16-14+,19-17-,22-21-,26-24-. The molecule has 0 heterocycles. The van der Waals surface area contributed by atoms with E-state index in [0.29, 0.717) is 12.8 Å². The van der Waals surface area contributed by atoms with Gasteiger partial charge in [0.1, 0.15) is 31.5 Å². The highest BCUT2D eigenvalue weighted by Gasteiger charge is 2.28. The van der Waals surface area contributed by atoms with Crippen LogP contribution < -0.4 is 0 Å². The third-order valence-electron chi connectivity index (χ3n) is 9.60. The normalized spacial score (nSPS) is 15.8. The van der Waals surface area contributed by atoms with Crippen LogP contribution in [-0.4, -0.2) is 95.0 Å². The number of hydrogen-bond donors (Lipinski definition) is 5. The monoisotopic (exact) mass is 1000 g/mol. The van der Waals surface area contributed by atoms with E-state index in [9.17, 15) is 43.8 Å². The maximum Gasteiger partial charge on any atom is 0.472 e. The molecular formula is C51H86O15P2. The van der Waals surface area contributed by atoms with Crippen molar-refractivity contribution in [3.8, 4) is 0 Å². The summed E-state index contributed by atoms with van der Waals surface area (Å²) in [6.45, 7) is 0.117. The highest BCUT2D eigenvalue weighted by molar-refractivity contribution is 7.47. The van der Waals surface area contributed by atoms with Gasteiger partial charge < -0.3 is 34.6 Å². The van der Waals surface area contributed by atoms with Gasteiger partial charge in [0.05, 0.1) is 26.4 Å². The summed E-state index contributed by atoms with van der Waals surface area (Å²) in [6.07, 6.45) is 49.6. The number of phosphoric ester groups is 2. The molecule has 15 nitrogen and oxygen atoms in total. The van der Waals surface area contributed by atoms with Crippen LogP contribution in [-0.2, 0) is 46.3 Å². The predicted molar refractivity (Wildman–Crippen MR) is 269 cm³/mol. The predicted octanol–water partition coefficient (Wildman–Crippen LogP) is 11.5. The van der Waals surface area contributed by atoms with Crippen LogP contribution in [0.3, 0.4) is 0 Å². The number of ether oxygens (including phenoxy) is 2. The van der Waals surface area contributed by atoms with Crippen LogP contribution in [0, 0.1) is 0 Å². The molecule has 0 radical (unpaired) electrons. The molecule has 0 amide bonds. The number of allylic oxidation sites excluding steroid dienone is 16. The van der Waals surface area contributed by atoms with Crippen LogP contribution in [0.4, 0.5) is 0 Å². The summed E-state index contributed by atoms with van der Waals surface area (Å²) < 4.78 is 53.0. The minimum absolute atomic E-state index is 0.169. The van der Waals surface area contributed by atoms with Gasteiger partial charge in [0.15, 0.2) is 0 Å². The number of carbonyl (C=O) groups excluding carboxylic acids is 2. The van der Waals surface area contributed by atoms with Crippen LogP contribution in [0.15, 0.2) is 97.2 Å². The van der Waals surface area contributed by atoms with E-state index < -0.39 is 85.5 Å².